The first-order valence-electron chi connectivity index (χ1n) is 9.73. The molecule has 0 saturated carbocycles. The van der Waals surface area contributed by atoms with E-state index in [0.29, 0.717) is 29.5 Å². The summed E-state index contributed by atoms with van der Waals surface area (Å²) in [6, 6.07) is 16.7. The first-order chi connectivity index (χ1) is 14.6. The number of aromatic nitrogens is 1. The molecule has 0 radical (unpaired) electrons. The average Bonchev–Trinajstić information content (AvgIpc) is 3.27. The molecule has 1 N–H and O–H groups in total. The molecule has 30 heavy (non-hydrogen) atoms. The number of hydrogen-bond donors (Lipinski definition) is 1. The predicted molar refractivity (Wildman–Crippen MR) is 115 cm³/mol. The number of benzene rings is 2. The number of anilines is 1. The quantitative estimate of drug-likeness (QED) is 0.690. The van der Waals surface area contributed by atoms with Gasteiger partial charge in [-0.25, -0.2) is 4.79 Å². The third-order valence-corrected chi connectivity index (χ3v) is 5.34. The maximum atomic E-state index is 13.3. The Balaban J connectivity index is 1.69. The molecule has 1 atom stereocenters. The Hall–Kier alpha value is -3.61. The van der Waals surface area contributed by atoms with Crippen LogP contribution in [0.1, 0.15) is 17.3 Å². The summed E-state index contributed by atoms with van der Waals surface area (Å²) in [5, 5.41) is 3.00. The Morgan fingerprint density at radius 2 is 1.77 bits per heavy atom. The van der Waals surface area contributed by atoms with E-state index < -0.39 is 0 Å². The van der Waals surface area contributed by atoms with Gasteiger partial charge in [0.1, 0.15) is 5.75 Å². The topological polar surface area (TPSA) is 65.0 Å². The van der Waals surface area contributed by atoms with E-state index in [1.165, 1.54) is 0 Å². The molecular formula is C23H25N3O4. The minimum atomic E-state index is -0.251. The second-order valence-electron chi connectivity index (χ2n) is 7.00. The van der Waals surface area contributed by atoms with Crippen LogP contribution in [0.3, 0.4) is 0 Å². The van der Waals surface area contributed by atoms with Gasteiger partial charge in [0, 0.05) is 36.7 Å². The summed E-state index contributed by atoms with van der Waals surface area (Å²) in [7, 11) is 4.82. The minimum absolute atomic E-state index is 0.171. The van der Waals surface area contributed by atoms with Crippen LogP contribution < -0.4 is 19.5 Å². The minimum Gasteiger partial charge on any atom is -0.497 e. The third-order valence-electron chi connectivity index (χ3n) is 5.34. The van der Waals surface area contributed by atoms with Crippen molar-refractivity contribution in [2.24, 2.45) is 0 Å². The van der Waals surface area contributed by atoms with E-state index in [1.54, 1.807) is 27.4 Å². The number of nitrogens with one attached hydrogen (secondary N) is 1. The third kappa shape index (κ3) is 3.66. The smallest absolute Gasteiger partial charge is 0.322 e. The van der Waals surface area contributed by atoms with E-state index in [2.05, 4.69) is 9.88 Å². The molecule has 0 aliphatic carbocycles. The van der Waals surface area contributed by atoms with E-state index in [4.69, 9.17) is 14.2 Å². The summed E-state index contributed by atoms with van der Waals surface area (Å²) < 4.78 is 18.3. The van der Waals surface area contributed by atoms with Crippen molar-refractivity contribution < 1.29 is 19.0 Å². The summed E-state index contributed by atoms with van der Waals surface area (Å²) in [5.74, 6) is 1.98. The molecule has 4 rings (SSSR count). The van der Waals surface area contributed by atoms with Gasteiger partial charge in [0.25, 0.3) is 0 Å². The van der Waals surface area contributed by atoms with Crippen LogP contribution in [-0.4, -0.2) is 43.4 Å². The molecule has 2 heterocycles. The molecular weight excluding hydrogens is 382 g/mol. The number of urea groups is 1. The number of rotatable bonds is 5. The van der Waals surface area contributed by atoms with Crippen LogP contribution in [0.4, 0.5) is 10.5 Å². The fourth-order valence-corrected chi connectivity index (χ4v) is 3.87. The second-order valence-corrected chi connectivity index (χ2v) is 7.00. The molecule has 0 bridgehead atoms. The van der Waals surface area contributed by atoms with Gasteiger partial charge in [-0.3, -0.25) is 0 Å². The standard InChI is InChI=1S/C23H25N3O4/c1-28-18-7-4-6-17(15-18)24-23(27)26-13-12-25-11-5-8-19(25)22(26)16-9-10-20(29-2)21(14-16)30-3/h4-11,14-15,22H,12-13H2,1-3H3,(H,24,27). The van der Waals surface area contributed by atoms with Gasteiger partial charge < -0.3 is 29.0 Å². The van der Waals surface area contributed by atoms with Gasteiger partial charge in [-0.1, -0.05) is 12.1 Å². The lowest BCUT2D eigenvalue weighted by molar-refractivity contribution is 0.181. The highest BCUT2D eigenvalue weighted by atomic mass is 16.5. The van der Waals surface area contributed by atoms with E-state index in [9.17, 15) is 4.79 Å². The van der Waals surface area contributed by atoms with Crippen LogP contribution in [-0.2, 0) is 6.54 Å². The number of fused-ring (bicyclic) bond motifs is 1. The van der Waals surface area contributed by atoms with Gasteiger partial charge in [0.05, 0.1) is 27.4 Å². The van der Waals surface area contributed by atoms with Gasteiger partial charge in [0.2, 0.25) is 0 Å². The molecule has 1 aromatic heterocycles. The molecule has 1 aliphatic rings. The van der Waals surface area contributed by atoms with Crippen molar-refractivity contribution in [3.05, 3.63) is 72.1 Å². The summed E-state index contributed by atoms with van der Waals surface area (Å²) >= 11 is 0. The first kappa shape index (κ1) is 19.7. The number of ether oxygens (including phenoxy) is 3. The van der Waals surface area contributed by atoms with Crippen LogP contribution >= 0.6 is 0 Å². The highest BCUT2D eigenvalue weighted by Gasteiger charge is 2.33. The number of nitrogens with zero attached hydrogens (tertiary/aromatic N) is 2. The van der Waals surface area contributed by atoms with Gasteiger partial charge >= 0.3 is 6.03 Å². The molecule has 2 amide bonds. The van der Waals surface area contributed by atoms with Crippen LogP contribution in [0, 0.1) is 0 Å². The fourth-order valence-electron chi connectivity index (χ4n) is 3.87. The summed E-state index contributed by atoms with van der Waals surface area (Å²) in [5.41, 5.74) is 2.69. The summed E-state index contributed by atoms with van der Waals surface area (Å²) in [6.45, 7) is 1.31. The Bertz CT molecular complexity index is 1050. The van der Waals surface area contributed by atoms with Crippen LogP contribution in [0.5, 0.6) is 17.2 Å². The highest BCUT2D eigenvalue weighted by molar-refractivity contribution is 5.90. The Labute approximate surface area is 175 Å². The van der Waals surface area contributed by atoms with Crippen molar-refractivity contribution in [1.82, 2.24) is 9.47 Å². The number of hydrogen-bond acceptors (Lipinski definition) is 4. The van der Waals surface area contributed by atoms with Crippen molar-refractivity contribution >= 4 is 11.7 Å². The Morgan fingerprint density at radius 1 is 0.933 bits per heavy atom. The molecule has 7 nitrogen and oxygen atoms in total. The Morgan fingerprint density at radius 3 is 2.53 bits per heavy atom. The maximum absolute atomic E-state index is 13.3. The molecule has 0 spiro atoms. The number of carbonyl (C=O) groups excluding carboxylic acids is 1. The van der Waals surface area contributed by atoms with Gasteiger partial charge in [-0.2, -0.15) is 0 Å². The lowest BCUT2D eigenvalue weighted by atomic mass is 9.99. The molecule has 7 heteroatoms. The lowest BCUT2D eigenvalue weighted by Gasteiger charge is -2.37. The fraction of sp³-hybridized carbons (Fsp3) is 0.261. The van der Waals surface area contributed by atoms with Crippen LogP contribution in [0.25, 0.3) is 0 Å². The van der Waals surface area contributed by atoms with E-state index in [-0.39, 0.29) is 12.1 Å². The predicted octanol–water partition coefficient (Wildman–Crippen LogP) is 4.15. The molecule has 0 saturated heterocycles. The lowest BCUT2D eigenvalue weighted by Crippen LogP contribution is -2.44. The van der Waals surface area contributed by atoms with Gasteiger partial charge in [-0.15, -0.1) is 0 Å². The summed E-state index contributed by atoms with van der Waals surface area (Å²) in [4.78, 5) is 15.1. The normalized spacial score (nSPS) is 15.3. The zero-order chi connectivity index (χ0) is 21.1. The van der Waals surface area contributed by atoms with E-state index in [0.717, 1.165) is 17.8 Å². The van der Waals surface area contributed by atoms with E-state index in [1.807, 2.05) is 59.6 Å². The zero-order valence-corrected chi connectivity index (χ0v) is 17.3. The molecule has 1 unspecified atom stereocenters. The zero-order valence-electron chi connectivity index (χ0n) is 17.3. The van der Waals surface area contributed by atoms with Crippen molar-refractivity contribution in [3.8, 4) is 17.2 Å². The number of amides is 2. The highest BCUT2D eigenvalue weighted by Crippen LogP contribution is 2.37. The SMILES string of the molecule is COc1cccc(NC(=O)N2CCn3cccc3C2c2ccc(OC)c(OC)c2)c1. The number of carbonyl (C=O) groups is 1. The molecule has 156 valence electrons. The maximum Gasteiger partial charge on any atom is 0.322 e. The number of methoxy groups -OCH3 is 3. The van der Waals surface area contributed by atoms with Crippen molar-refractivity contribution in [3.63, 3.8) is 0 Å². The largest absolute Gasteiger partial charge is 0.497 e. The first-order valence-corrected chi connectivity index (χ1v) is 9.73. The van der Waals surface area contributed by atoms with Crippen molar-refractivity contribution in [2.75, 3.05) is 33.2 Å². The van der Waals surface area contributed by atoms with Gasteiger partial charge in [-0.05, 0) is 42.0 Å². The molecule has 0 fully saturated rings. The molecule has 3 aromatic rings. The van der Waals surface area contributed by atoms with Crippen LogP contribution in [0.2, 0.25) is 0 Å². The van der Waals surface area contributed by atoms with E-state index >= 15 is 0 Å². The van der Waals surface area contributed by atoms with Crippen LogP contribution in [0.15, 0.2) is 60.8 Å². The second kappa shape index (κ2) is 8.41. The average molecular weight is 407 g/mol. The van der Waals surface area contributed by atoms with Crippen molar-refractivity contribution in [1.29, 1.82) is 0 Å². The Kier molecular flexibility index (Phi) is 5.52. The molecule has 2 aromatic carbocycles. The van der Waals surface area contributed by atoms with Gasteiger partial charge in [0.15, 0.2) is 11.5 Å². The van der Waals surface area contributed by atoms with Crippen molar-refractivity contribution in [2.45, 2.75) is 12.6 Å². The molecule has 1 aliphatic heterocycles. The monoisotopic (exact) mass is 407 g/mol. The summed E-state index contributed by atoms with van der Waals surface area (Å²) in [6.07, 6.45) is 2.04.